The highest BCUT2D eigenvalue weighted by Crippen LogP contribution is 2.32. The zero-order valence-corrected chi connectivity index (χ0v) is 10.5. The first kappa shape index (κ1) is 11.5. The van der Waals surface area contributed by atoms with Crippen molar-refractivity contribution in [2.45, 2.75) is 0 Å². The van der Waals surface area contributed by atoms with Crippen LogP contribution < -0.4 is 0 Å². The molecule has 0 aliphatic rings. The van der Waals surface area contributed by atoms with Gasteiger partial charge in [0.05, 0.1) is 5.02 Å². The second kappa shape index (κ2) is 4.13. The van der Waals surface area contributed by atoms with E-state index in [1.165, 1.54) is 6.20 Å². The third kappa shape index (κ3) is 1.63. The van der Waals surface area contributed by atoms with Crippen molar-refractivity contribution >= 4 is 50.0 Å². The summed E-state index contributed by atoms with van der Waals surface area (Å²) in [4.78, 5) is 7.52. The highest BCUT2D eigenvalue weighted by molar-refractivity contribution is 9.10. The molecule has 0 radical (unpaired) electrons. The summed E-state index contributed by atoms with van der Waals surface area (Å²) in [7, 11) is 0. The number of fused-ring (bicyclic) bond motifs is 1. The molecule has 2 aromatic rings. The van der Waals surface area contributed by atoms with E-state index in [-0.39, 0.29) is 31.2 Å². The minimum atomic E-state index is -0.661. The molecule has 0 bridgehead atoms. The van der Waals surface area contributed by atoms with Crippen LogP contribution in [0.15, 0.2) is 10.8 Å². The highest BCUT2D eigenvalue weighted by Gasteiger charge is 2.16. The quantitative estimate of drug-likeness (QED) is 0.695. The Morgan fingerprint density at radius 1 is 1.44 bits per heavy atom. The molecule has 0 unspecified atom stereocenters. The second-order valence-corrected chi connectivity index (χ2v) is 4.32. The molecule has 0 saturated heterocycles. The molecule has 0 amide bonds. The molecular weight excluding hydrogens is 320 g/mol. The minimum absolute atomic E-state index is 0.0133. The summed E-state index contributed by atoms with van der Waals surface area (Å²) in [5.74, 6) is -0.661. The van der Waals surface area contributed by atoms with E-state index in [2.05, 4.69) is 25.9 Å². The average molecular weight is 321 g/mol. The number of nitrogens with zero attached hydrogens (tertiary/aromatic N) is 3. The lowest BCUT2D eigenvalue weighted by Gasteiger charge is -2.04. The van der Waals surface area contributed by atoms with Crippen molar-refractivity contribution in [3.63, 3.8) is 0 Å². The van der Waals surface area contributed by atoms with E-state index in [1.807, 2.05) is 0 Å². The van der Waals surface area contributed by atoms with E-state index < -0.39 is 5.82 Å². The first-order valence-electron chi connectivity index (χ1n) is 3.95. The normalized spacial score (nSPS) is 10.4. The lowest BCUT2D eigenvalue weighted by atomic mass is 10.2. The molecule has 0 aliphatic carbocycles. The summed E-state index contributed by atoms with van der Waals surface area (Å²) in [5.41, 5.74) is -0.00442. The van der Waals surface area contributed by atoms with Crippen LogP contribution in [0.1, 0.15) is 5.56 Å². The van der Waals surface area contributed by atoms with Crippen LogP contribution in [0.2, 0.25) is 10.2 Å². The molecule has 2 aromatic heterocycles. The standard InChI is InChI=1S/C9HBrCl2FN3/c10-8-6(13)7-4(2-15-8)5(11)3(1-14)9(12)16-7/h2H. The maximum Gasteiger partial charge on any atom is 0.182 e. The van der Waals surface area contributed by atoms with Crippen LogP contribution in [0.3, 0.4) is 0 Å². The number of hydrogen-bond acceptors (Lipinski definition) is 3. The molecule has 2 heterocycles. The number of rotatable bonds is 0. The molecule has 16 heavy (non-hydrogen) atoms. The number of halogens is 4. The van der Waals surface area contributed by atoms with Gasteiger partial charge in [0, 0.05) is 11.6 Å². The Kier molecular flexibility index (Phi) is 2.98. The lowest BCUT2D eigenvalue weighted by molar-refractivity contribution is 0.622. The first-order chi connectivity index (χ1) is 7.56. The average Bonchev–Trinajstić information content (AvgIpc) is 2.25. The van der Waals surface area contributed by atoms with Crippen LogP contribution in [-0.4, -0.2) is 9.97 Å². The molecule has 0 saturated carbocycles. The van der Waals surface area contributed by atoms with Crippen molar-refractivity contribution in [1.82, 2.24) is 9.97 Å². The van der Waals surface area contributed by atoms with Gasteiger partial charge in [0.1, 0.15) is 26.9 Å². The van der Waals surface area contributed by atoms with Crippen molar-refractivity contribution in [2.75, 3.05) is 0 Å². The van der Waals surface area contributed by atoms with Crippen molar-refractivity contribution in [3.05, 3.63) is 32.4 Å². The molecule has 2 rings (SSSR count). The van der Waals surface area contributed by atoms with Crippen LogP contribution in [0.4, 0.5) is 4.39 Å². The molecular formula is C9HBrCl2FN3. The molecule has 0 spiro atoms. The van der Waals surface area contributed by atoms with Crippen LogP contribution in [0.25, 0.3) is 10.9 Å². The molecule has 0 N–H and O–H groups in total. The SMILES string of the molecule is N#Cc1c(Cl)nc2c(F)c(Br)ncc2c1Cl. The fourth-order valence-corrected chi connectivity index (χ4v) is 2.03. The molecule has 0 aliphatic heterocycles. The zero-order chi connectivity index (χ0) is 11.9. The van der Waals surface area contributed by atoms with Gasteiger partial charge in [-0.1, -0.05) is 23.2 Å². The lowest BCUT2D eigenvalue weighted by Crippen LogP contribution is -1.94. The van der Waals surface area contributed by atoms with Crippen molar-refractivity contribution < 1.29 is 4.39 Å². The van der Waals surface area contributed by atoms with Crippen molar-refractivity contribution in [2.24, 2.45) is 0 Å². The van der Waals surface area contributed by atoms with Gasteiger partial charge in [-0.2, -0.15) is 5.26 Å². The predicted octanol–water partition coefficient (Wildman–Crippen LogP) is 3.71. The zero-order valence-electron chi connectivity index (χ0n) is 7.43. The maximum atomic E-state index is 13.6. The third-order valence-corrected chi connectivity index (χ3v) is 3.15. The smallest absolute Gasteiger partial charge is 0.182 e. The van der Waals surface area contributed by atoms with E-state index in [1.54, 1.807) is 6.07 Å². The summed E-state index contributed by atoms with van der Waals surface area (Å²) in [6.07, 6.45) is 1.33. The number of hydrogen-bond donors (Lipinski definition) is 0. The summed E-state index contributed by atoms with van der Waals surface area (Å²) in [6, 6.07) is 1.80. The van der Waals surface area contributed by atoms with Crippen molar-refractivity contribution in [1.29, 1.82) is 5.26 Å². The monoisotopic (exact) mass is 319 g/mol. The molecule has 0 atom stereocenters. The second-order valence-electron chi connectivity index (χ2n) is 2.83. The Bertz CT molecular complexity index is 639. The summed E-state index contributed by atoms with van der Waals surface area (Å²) >= 11 is 14.5. The highest BCUT2D eigenvalue weighted by atomic mass is 79.9. The van der Waals surface area contributed by atoms with Crippen LogP contribution >= 0.6 is 39.1 Å². The maximum absolute atomic E-state index is 13.6. The van der Waals surface area contributed by atoms with Gasteiger partial charge in [-0.3, -0.25) is 0 Å². The minimum Gasteiger partial charge on any atom is -0.245 e. The van der Waals surface area contributed by atoms with E-state index >= 15 is 0 Å². The van der Waals surface area contributed by atoms with Crippen LogP contribution in [-0.2, 0) is 0 Å². The van der Waals surface area contributed by atoms with Gasteiger partial charge in [0.2, 0.25) is 0 Å². The van der Waals surface area contributed by atoms with Gasteiger partial charge < -0.3 is 0 Å². The summed E-state index contributed by atoms with van der Waals surface area (Å²) in [5, 5.41) is 8.98. The van der Waals surface area contributed by atoms with E-state index in [9.17, 15) is 4.39 Å². The fraction of sp³-hybridized carbons (Fsp3) is 0. The van der Waals surface area contributed by atoms with E-state index in [0.717, 1.165) is 0 Å². The van der Waals surface area contributed by atoms with Gasteiger partial charge >= 0.3 is 0 Å². The van der Waals surface area contributed by atoms with Gasteiger partial charge in [0.15, 0.2) is 5.82 Å². The third-order valence-electron chi connectivity index (χ3n) is 1.94. The van der Waals surface area contributed by atoms with E-state index in [0.29, 0.717) is 0 Å². The predicted molar refractivity (Wildman–Crippen MR) is 61.9 cm³/mol. The van der Waals surface area contributed by atoms with Gasteiger partial charge in [-0.25, -0.2) is 14.4 Å². The largest absolute Gasteiger partial charge is 0.245 e. The Morgan fingerprint density at radius 3 is 2.75 bits per heavy atom. The topological polar surface area (TPSA) is 49.6 Å². The van der Waals surface area contributed by atoms with E-state index in [4.69, 9.17) is 28.5 Å². The van der Waals surface area contributed by atoms with Crippen LogP contribution in [0, 0.1) is 17.1 Å². The summed E-state index contributed by atoms with van der Waals surface area (Å²) in [6.45, 7) is 0. The Balaban J connectivity index is 3.00. The number of pyridine rings is 2. The first-order valence-corrected chi connectivity index (χ1v) is 5.50. The Morgan fingerprint density at radius 2 is 2.12 bits per heavy atom. The van der Waals surface area contributed by atoms with Crippen molar-refractivity contribution in [3.8, 4) is 6.07 Å². The molecule has 7 heteroatoms. The molecule has 0 fully saturated rings. The number of aromatic nitrogens is 2. The number of nitriles is 1. The Hall–Kier alpha value is -0.960. The molecule has 0 aromatic carbocycles. The summed E-state index contributed by atoms with van der Waals surface area (Å²) < 4.78 is 13.6. The van der Waals surface area contributed by atoms with Gasteiger partial charge in [-0.05, 0) is 15.9 Å². The Labute approximate surface area is 108 Å². The van der Waals surface area contributed by atoms with Crippen LogP contribution in [0.5, 0.6) is 0 Å². The fourth-order valence-electron chi connectivity index (χ4n) is 1.20. The van der Waals surface area contributed by atoms with Gasteiger partial charge in [0.25, 0.3) is 0 Å². The molecule has 3 nitrogen and oxygen atoms in total. The molecule has 80 valence electrons. The van der Waals surface area contributed by atoms with Gasteiger partial charge in [-0.15, -0.1) is 0 Å².